The Kier molecular flexibility index (Phi) is 8.20. The smallest absolute Gasteiger partial charge is 0.289 e. The van der Waals surface area contributed by atoms with Gasteiger partial charge in [-0.15, -0.1) is 0 Å². The van der Waals surface area contributed by atoms with Crippen molar-refractivity contribution < 1.29 is 9.21 Å². The van der Waals surface area contributed by atoms with Crippen LogP contribution in [0.4, 0.5) is 11.5 Å². The van der Waals surface area contributed by atoms with Crippen LogP contribution in [-0.4, -0.2) is 54.0 Å². The first-order valence-corrected chi connectivity index (χ1v) is 13.9. The van der Waals surface area contributed by atoms with Gasteiger partial charge in [-0.1, -0.05) is 65.8 Å². The van der Waals surface area contributed by atoms with E-state index in [1.165, 1.54) is 11.8 Å². The largest absolute Gasteiger partial charge is 0.455 e. The van der Waals surface area contributed by atoms with Crippen molar-refractivity contribution in [2.75, 3.05) is 43.0 Å². The fraction of sp³-hybridized carbons (Fsp3) is 0.276. The zero-order valence-corrected chi connectivity index (χ0v) is 23.1. The highest BCUT2D eigenvalue weighted by molar-refractivity contribution is 7.98. The van der Waals surface area contributed by atoms with E-state index in [1.54, 1.807) is 18.0 Å². The van der Waals surface area contributed by atoms with Gasteiger partial charge < -0.3 is 19.1 Å². The average Bonchev–Trinajstić information content (AvgIpc) is 3.41. The molecule has 2 aromatic heterocycles. The molecule has 0 radical (unpaired) electrons. The summed E-state index contributed by atoms with van der Waals surface area (Å²) in [5, 5.41) is 1.47. The molecule has 38 heavy (non-hydrogen) atoms. The highest BCUT2D eigenvalue weighted by Gasteiger charge is 2.21. The molecule has 2 aromatic carbocycles. The van der Waals surface area contributed by atoms with Crippen LogP contribution >= 0.6 is 23.4 Å². The van der Waals surface area contributed by atoms with Crippen LogP contribution in [0.1, 0.15) is 27.6 Å². The van der Waals surface area contributed by atoms with Gasteiger partial charge in [-0.2, -0.15) is 0 Å². The Morgan fingerprint density at radius 2 is 1.68 bits per heavy atom. The molecule has 5 rings (SSSR count). The predicted octanol–water partition coefficient (Wildman–Crippen LogP) is 5.92. The lowest BCUT2D eigenvalue weighted by Crippen LogP contribution is -2.47. The van der Waals surface area contributed by atoms with Crippen molar-refractivity contribution in [2.24, 2.45) is 0 Å². The van der Waals surface area contributed by atoms with Gasteiger partial charge in [-0.3, -0.25) is 4.79 Å². The van der Waals surface area contributed by atoms with Gasteiger partial charge in [0, 0.05) is 51.5 Å². The lowest BCUT2D eigenvalue weighted by molar-refractivity contribution is 0.0752. The fourth-order valence-electron chi connectivity index (χ4n) is 4.46. The molecule has 0 aliphatic carbocycles. The number of thioether (sulfide) groups is 1. The van der Waals surface area contributed by atoms with Crippen LogP contribution in [0.25, 0.3) is 0 Å². The van der Waals surface area contributed by atoms with E-state index in [0.717, 1.165) is 54.0 Å². The third kappa shape index (κ3) is 6.31. The summed E-state index contributed by atoms with van der Waals surface area (Å²) in [6.07, 6.45) is 0. The van der Waals surface area contributed by atoms with Crippen molar-refractivity contribution in [1.82, 2.24) is 14.9 Å². The Balaban J connectivity index is 1.18. The molecule has 3 heterocycles. The van der Waals surface area contributed by atoms with Crippen LogP contribution in [0.2, 0.25) is 5.02 Å². The number of hydrogen-bond acceptors (Lipinski definition) is 7. The lowest BCUT2D eigenvalue weighted by Gasteiger charge is -2.37. The Labute approximate surface area is 232 Å². The Bertz CT molecular complexity index is 1390. The minimum absolute atomic E-state index is 0.143. The van der Waals surface area contributed by atoms with Gasteiger partial charge in [0.2, 0.25) is 0 Å². The molecule has 1 amide bonds. The number of furan rings is 1. The Morgan fingerprint density at radius 3 is 2.45 bits per heavy atom. The second-order valence-electron chi connectivity index (χ2n) is 9.28. The van der Waals surface area contributed by atoms with E-state index in [-0.39, 0.29) is 5.91 Å². The van der Waals surface area contributed by atoms with Crippen molar-refractivity contribution in [3.8, 4) is 0 Å². The monoisotopic (exact) mass is 547 g/mol. The summed E-state index contributed by atoms with van der Waals surface area (Å²) in [6, 6.07) is 23.5. The van der Waals surface area contributed by atoms with Gasteiger partial charge in [0.1, 0.15) is 11.6 Å². The first-order chi connectivity index (χ1) is 18.5. The summed E-state index contributed by atoms with van der Waals surface area (Å²) >= 11 is 7.90. The maximum atomic E-state index is 12.8. The van der Waals surface area contributed by atoms with Crippen molar-refractivity contribution in [3.63, 3.8) is 0 Å². The number of aromatic nitrogens is 2. The van der Waals surface area contributed by atoms with Crippen LogP contribution in [0.3, 0.4) is 0 Å². The second kappa shape index (κ2) is 11.9. The first kappa shape index (κ1) is 26.1. The number of anilines is 2. The quantitative estimate of drug-likeness (QED) is 0.200. The summed E-state index contributed by atoms with van der Waals surface area (Å²) in [4.78, 5) is 28.5. The lowest BCUT2D eigenvalue weighted by atomic mass is 10.2. The summed E-state index contributed by atoms with van der Waals surface area (Å²) < 4.78 is 5.87. The van der Waals surface area contributed by atoms with Gasteiger partial charge in [0.25, 0.3) is 5.91 Å². The Hall–Kier alpha value is -3.49. The van der Waals surface area contributed by atoms with Gasteiger partial charge in [0.05, 0.1) is 16.5 Å². The SMILES string of the molecule is Cc1cc(N2CCN(c3ccccc3Cl)CC2)nc(SCc2ccc(C(=O)N(C)Cc3ccccc3)o2)n1. The number of carbonyl (C=O) groups excluding carboxylic acids is 1. The molecule has 0 bridgehead atoms. The first-order valence-electron chi connectivity index (χ1n) is 12.6. The molecule has 7 nitrogen and oxygen atoms in total. The van der Waals surface area contributed by atoms with Crippen molar-refractivity contribution in [3.05, 3.63) is 101 Å². The number of carbonyl (C=O) groups is 1. The zero-order chi connectivity index (χ0) is 26.5. The van der Waals surface area contributed by atoms with E-state index >= 15 is 0 Å². The molecule has 9 heteroatoms. The van der Waals surface area contributed by atoms with E-state index in [2.05, 4.69) is 20.9 Å². The van der Waals surface area contributed by atoms with Crippen LogP contribution in [0.15, 0.2) is 82.4 Å². The number of rotatable bonds is 8. The van der Waals surface area contributed by atoms with E-state index in [0.29, 0.717) is 29.0 Å². The molecule has 196 valence electrons. The van der Waals surface area contributed by atoms with Gasteiger partial charge in [-0.05, 0) is 36.8 Å². The number of para-hydroxylation sites is 1. The maximum Gasteiger partial charge on any atom is 0.289 e. The number of hydrogen-bond donors (Lipinski definition) is 0. The number of amides is 1. The molecule has 0 N–H and O–H groups in total. The van der Waals surface area contributed by atoms with Crippen LogP contribution in [-0.2, 0) is 12.3 Å². The molecular weight excluding hydrogens is 518 g/mol. The topological polar surface area (TPSA) is 65.7 Å². The third-order valence-corrected chi connectivity index (χ3v) is 7.63. The molecule has 1 aliphatic rings. The average molecular weight is 548 g/mol. The molecule has 0 unspecified atom stereocenters. The number of piperazine rings is 1. The van der Waals surface area contributed by atoms with E-state index in [4.69, 9.17) is 21.0 Å². The molecule has 1 fully saturated rings. The van der Waals surface area contributed by atoms with Crippen molar-refractivity contribution in [2.45, 2.75) is 24.4 Å². The number of nitrogens with zero attached hydrogens (tertiary/aromatic N) is 5. The maximum absolute atomic E-state index is 12.8. The molecular formula is C29H30ClN5O2S. The Morgan fingerprint density at radius 1 is 0.974 bits per heavy atom. The van der Waals surface area contributed by atoms with Crippen molar-refractivity contribution >= 4 is 40.8 Å². The minimum Gasteiger partial charge on any atom is -0.455 e. The van der Waals surface area contributed by atoms with Crippen molar-refractivity contribution in [1.29, 1.82) is 0 Å². The van der Waals surface area contributed by atoms with E-state index in [9.17, 15) is 4.79 Å². The molecule has 1 aliphatic heterocycles. The number of aryl methyl sites for hydroxylation is 1. The summed E-state index contributed by atoms with van der Waals surface area (Å²) in [5.74, 6) is 2.37. The minimum atomic E-state index is -0.143. The zero-order valence-electron chi connectivity index (χ0n) is 21.5. The molecule has 0 atom stereocenters. The molecule has 4 aromatic rings. The third-order valence-electron chi connectivity index (χ3n) is 6.44. The highest BCUT2D eigenvalue weighted by atomic mass is 35.5. The van der Waals surface area contributed by atoms with Crippen LogP contribution < -0.4 is 9.80 Å². The summed E-state index contributed by atoms with van der Waals surface area (Å²) in [7, 11) is 1.78. The van der Waals surface area contributed by atoms with E-state index < -0.39 is 0 Å². The van der Waals surface area contributed by atoms with Gasteiger partial charge in [-0.25, -0.2) is 9.97 Å². The van der Waals surface area contributed by atoms with Crippen LogP contribution in [0, 0.1) is 6.92 Å². The molecule has 0 saturated carbocycles. The number of benzene rings is 2. The second-order valence-corrected chi connectivity index (χ2v) is 10.6. The summed E-state index contributed by atoms with van der Waals surface area (Å²) in [5.41, 5.74) is 3.07. The molecule has 1 saturated heterocycles. The number of halogens is 1. The standard InChI is InChI=1S/C29H30ClN5O2S/c1-21-18-27(35-16-14-34(15-17-35)25-11-7-6-10-24(25)30)32-29(31-21)38-20-23-12-13-26(37-23)28(36)33(2)19-22-8-4-3-5-9-22/h3-13,18H,14-17,19-20H2,1-2H3. The highest BCUT2D eigenvalue weighted by Crippen LogP contribution is 2.28. The fourth-order valence-corrected chi connectivity index (χ4v) is 5.51. The molecule has 0 spiro atoms. The predicted molar refractivity (Wildman–Crippen MR) is 153 cm³/mol. The normalized spacial score (nSPS) is 13.6. The summed E-state index contributed by atoms with van der Waals surface area (Å²) in [6.45, 7) is 5.96. The van der Waals surface area contributed by atoms with Gasteiger partial charge >= 0.3 is 0 Å². The van der Waals surface area contributed by atoms with Crippen LogP contribution in [0.5, 0.6) is 0 Å². The van der Waals surface area contributed by atoms with Gasteiger partial charge in [0.15, 0.2) is 10.9 Å². The van der Waals surface area contributed by atoms with E-state index in [1.807, 2.05) is 67.6 Å².